The van der Waals surface area contributed by atoms with Gasteiger partial charge >= 0.3 is 5.92 Å². The van der Waals surface area contributed by atoms with Crippen molar-refractivity contribution in [3.63, 3.8) is 0 Å². The van der Waals surface area contributed by atoms with Gasteiger partial charge in [-0.3, -0.25) is 0 Å². The largest absolute Gasteiger partial charge is 0.488 e. The monoisotopic (exact) mass is 460 g/mol. The molecule has 178 valence electrons. The topological polar surface area (TPSA) is 104 Å². The number of unbranched alkanes of at least 4 members (excludes halogenated alkanes) is 1. The average Bonchev–Trinajstić information content (AvgIpc) is 3.46. The van der Waals surface area contributed by atoms with Gasteiger partial charge in [0.2, 0.25) is 0 Å². The van der Waals surface area contributed by atoms with Crippen molar-refractivity contribution in [2.45, 2.75) is 69.7 Å². The van der Waals surface area contributed by atoms with Gasteiger partial charge in [0.05, 0.1) is 18.1 Å². The van der Waals surface area contributed by atoms with E-state index in [0.29, 0.717) is 25.1 Å². The maximum absolute atomic E-state index is 15.2. The molecule has 0 radical (unpaired) electrons. The Bertz CT molecular complexity index is 995. The van der Waals surface area contributed by atoms with Crippen molar-refractivity contribution < 1.29 is 23.7 Å². The first-order chi connectivity index (χ1) is 15.8. The average molecular weight is 461 g/mol. The van der Waals surface area contributed by atoms with Crippen LogP contribution in [-0.4, -0.2) is 55.1 Å². The fourth-order valence-electron chi connectivity index (χ4n) is 4.81. The first kappa shape index (κ1) is 23.5. The highest BCUT2D eigenvalue weighted by molar-refractivity contribution is 5.27. The number of aromatic nitrogens is 4. The standard InChI is InChI=1S/C24H30F2N4O3/c1-14-6-5-7-16(12-14)15(2)18(31)11-10-17-19(32)13-20-23(17)24(25,26)21(33-20)8-3-4-9-22-27-29-30-28-22/h5-8,10-12,15,17-20,23,31-32H,3-4,9,13H2,1-2H3,(H,27,28,29,30)/b11-10-,21-8?/t15-,17+,18-,19-,20+,23-/m1/s1. The highest BCUT2D eigenvalue weighted by Crippen LogP contribution is 2.54. The molecule has 1 aromatic carbocycles. The van der Waals surface area contributed by atoms with Crippen molar-refractivity contribution >= 4 is 0 Å². The summed E-state index contributed by atoms with van der Waals surface area (Å²) in [6, 6.07) is 7.84. The summed E-state index contributed by atoms with van der Waals surface area (Å²) < 4.78 is 36.1. The highest BCUT2D eigenvalue weighted by atomic mass is 19.3. The van der Waals surface area contributed by atoms with E-state index in [0.717, 1.165) is 11.1 Å². The van der Waals surface area contributed by atoms with Gasteiger partial charge < -0.3 is 14.9 Å². The summed E-state index contributed by atoms with van der Waals surface area (Å²) in [5.74, 6) is -5.06. The van der Waals surface area contributed by atoms with Crippen molar-refractivity contribution in [1.29, 1.82) is 0 Å². The van der Waals surface area contributed by atoms with Gasteiger partial charge in [-0.15, -0.1) is 5.10 Å². The molecule has 2 aromatic rings. The highest BCUT2D eigenvalue weighted by Gasteiger charge is 2.63. The molecule has 4 rings (SSSR count). The van der Waals surface area contributed by atoms with Crippen molar-refractivity contribution in [2.75, 3.05) is 0 Å². The Kier molecular flexibility index (Phi) is 6.90. The van der Waals surface area contributed by atoms with Gasteiger partial charge in [-0.05, 0) is 41.8 Å². The van der Waals surface area contributed by atoms with Crippen molar-refractivity contribution in [3.05, 3.63) is 65.2 Å². The van der Waals surface area contributed by atoms with Gasteiger partial charge in [-0.1, -0.05) is 48.9 Å². The Morgan fingerprint density at radius 2 is 2.18 bits per heavy atom. The number of aliphatic hydroxyl groups excluding tert-OH is 2. The zero-order valence-electron chi connectivity index (χ0n) is 18.7. The SMILES string of the molecule is Cc1cccc([C@@H](C)[C@H](O)/C=C\[C@@H]2[C@@H]3[C@H](C[C@H]2O)OC(=CCCCc2nnn[nH]2)C3(F)F)c1. The predicted octanol–water partition coefficient (Wildman–Crippen LogP) is 3.47. The van der Waals surface area contributed by atoms with Crippen LogP contribution >= 0.6 is 0 Å². The number of aromatic amines is 1. The second-order valence-electron chi connectivity index (χ2n) is 9.07. The van der Waals surface area contributed by atoms with Crippen LogP contribution in [0, 0.1) is 18.8 Å². The third-order valence-corrected chi connectivity index (χ3v) is 6.71. The van der Waals surface area contributed by atoms with E-state index in [-0.39, 0.29) is 18.1 Å². The van der Waals surface area contributed by atoms with Crippen LogP contribution in [0.3, 0.4) is 0 Å². The number of rotatable bonds is 8. The van der Waals surface area contributed by atoms with E-state index in [1.807, 2.05) is 38.1 Å². The molecule has 7 nitrogen and oxygen atoms in total. The Morgan fingerprint density at radius 1 is 1.36 bits per heavy atom. The lowest BCUT2D eigenvalue weighted by atomic mass is 9.86. The minimum atomic E-state index is -3.18. The maximum Gasteiger partial charge on any atom is 0.310 e. The molecular formula is C24H30F2N4O3. The molecule has 1 aromatic heterocycles. The Hall–Kier alpha value is -2.65. The molecule has 33 heavy (non-hydrogen) atoms. The molecule has 0 unspecified atom stereocenters. The molecule has 0 spiro atoms. The lowest BCUT2D eigenvalue weighted by molar-refractivity contribution is -0.0273. The number of nitrogens with zero attached hydrogens (tertiary/aromatic N) is 3. The lowest BCUT2D eigenvalue weighted by Gasteiger charge is -2.23. The molecule has 6 atom stereocenters. The number of H-pyrrole nitrogens is 1. The number of fused-ring (bicyclic) bond motifs is 1. The van der Waals surface area contributed by atoms with E-state index in [9.17, 15) is 10.2 Å². The van der Waals surface area contributed by atoms with E-state index in [2.05, 4.69) is 20.6 Å². The summed E-state index contributed by atoms with van der Waals surface area (Å²) in [5, 5.41) is 34.5. The molecule has 1 aliphatic heterocycles. The third-order valence-electron chi connectivity index (χ3n) is 6.71. The molecule has 1 aliphatic carbocycles. The molecule has 0 amide bonds. The van der Waals surface area contributed by atoms with Crippen molar-refractivity contribution in [2.24, 2.45) is 11.8 Å². The third kappa shape index (κ3) is 4.99. The second kappa shape index (κ2) is 9.69. The number of aryl methyl sites for hydroxylation is 2. The van der Waals surface area contributed by atoms with Crippen LogP contribution in [0.4, 0.5) is 8.78 Å². The van der Waals surface area contributed by atoms with E-state index in [1.165, 1.54) is 12.2 Å². The zero-order chi connectivity index (χ0) is 23.6. The summed E-state index contributed by atoms with van der Waals surface area (Å²) in [4.78, 5) is 0. The fraction of sp³-hybridized carbons (Fsp3) is 0.542. The van der Waals surface area contributed by atoms with Gasteiger partial charge in [0.15, 0.2) is 5.76 Å². The summed E-state index contributed by atoms with van der Waals surface area (Å²) in [6.45, 7) is 3.87. The number of hydrogen-bond acceptors (Lipinski definition) is 6. The van der Waals surface area contributed by atoms with Gasteiger partial charge in [0, 0.05) is 24.7 Å². The summed E-state index contributed by atoms with van der Waals surface area (Å²) in [6.07, 6.45) is 3.67. The number of ether oxygens (including phenoxy) is 1. The number of tetrazole rings is 1. The molecule has 2 fully saturated rings. The normalized spacial score (nSPS) is 29.3. The molecular weight excluding hydrogens is 430 g/mol. The van der Waals surface area contributed by atoms with Gasteiger partial charge in [-0.25, -0.2) is 5.10 Å². The Morgan fingerprint density at radius 3 is 2.91 bits per heavy atom. The first-order valence-corrected chi connectivity index (χ1v) is 11.4. The number of nitrogens with one attached hydrogen (secondary N) is 1. The number of alkyl halides is 2. The van der Waals surface area contributed by atoms with E-state index in [4.69, 9.17) is 4.74 Å². The Labute approximate surface area is 191 Å². The minimum Gasteiger partial charge on any atom is -0.488 e. The quantitative estimate of drug-likeness (QED) is 0.412. The van der Waals surface area contributed by atoms with Crippen LogP contribution in [0.25, 0.3) is 0 Å². The molecule has 3 N–H and O–H groups in total. The Balaban J connectivity index is 1.41. The van der Waals surface area contributed by atoms with Crippen LogP contribution in [0.5, 0.6) is 0 Å². The van der Waals surface area contributed by atoms with Crippen LogP contribution in [0.1, 0.15) is 49.1 Å². The molecule has 2 aliphatic rings. The number of allylic oxidation sites excluding steroid dienone is 2. The zero-order valence-corrected chi connectivity index (χ0v) is 18.7. The first-order valence-electron chi connectivity index (χ1n) is 11.4. The molecule has 9 heteroatoms. The van der Waals surface area contributed by atoms with Crippen LogP contribution < -0.4 is 0 Å². The van der Waals surface area contributed by atoms with Gasteiger partial charge in [0.25, 0.3) is 0 Å². The van der Waals surface area contributed by atoms with Crippen molar-refractivity contribution in [1.82, 2.24) is 20.6 Å². The molecule has 0 bridgehead atoms. The summed E-state index contributed by atoms with van der Waals surface area (Å²) in [7, 11) is 0. The van der Waals surface area contributed by atoms with E-state index < -0.39 is 36.1 Å². The predicted molar refractivity (Wildman–Crippen MR) is 117 cm³/mol. The second-order valence-corrected chi connectivity index (χ2v) is 9.07. The number of aliphatic hydroxyl groups is 2. The smallest absolute Gasteiger partial charge is 0.310 e. The maximum atomic E-state index is 15.2. The number of benzene rings is 1. The van der Waals surface area contributed by atoms with Gasteiger partial charge in [0.1, 0.15) is 11.9 Å². The molecule has 1 saturated carbocycles. The fourth-order valence-corrected chi connectivity index (χ4v) is 4.81. The minimum absolute atomic E-state index is 0.139. The van der Waals surface area contributed by atoms with E-state index >= 15 is 8.78 Å². The van der Waals surface area contributed by atoms with Crippen LogP contribution in [0.2, 0.25) is 0 Å². The lowest BCUT2D eigenvalue weighted by Crippen LogP contribution is -2.33. The van der Waals surface area contributed by atoms with Crippen LogP contribution in [0.15, 0.2) is 48.3 Å². The van der Waals surface area contributed by atoms with Crippen LogP contribution in [-0.2, 0) is 11.2 Å². The van der Waals surface area contributed by atoms with Crippen molar-refractivity contribution in [3.8, 4) is 0 Å². The number of halogens is 2. The molecule has 1 saturated heterocycles. The van der Waals surface area contributed by atoms with E-state index in [1.54, 1.807) is 6.08 Å². The summed E-state index contributed by atoms with van der Waals surface area (Å²) in [5.41, 5.74) is 2.06. The van der Waals surface area contributed by atoms with Gasteiger partial charge in [-0.2, -0.15) is 8.78 Å². The summed E-state index contributed by atoms with van der Waals surface area (Å²) >= 11 is 0. The number of hydrogen-bond donors (Lipinski definition) is 3. The molecule has 2 heterocycles.